The zero-order valence-electron chi connectivity index (χ0n) is 64.5. The van der Waals surface area contributed by atoms with Gasteiger partial charge in [-0.05, 0) is 131 Å². The van der Waals surface area contributed by atoms with Crippen molar-refractivity contribution in [3.05, 3.63) is 401 Å². The molecular formula is C108H66N12. The second-order valence-electron chi connectivity index (χ2n) is 30.0. The Balaban J connectivity index is 0.000000145. The third-order valence-corrected chi connectivity index (χ3v) is 22.3. The van der Waals surface area contributed by atoms with E-state index in [1.54, 1.807) is 0 Å². The number of benzene rings is 13. The minimum absolute atomic E-state index is 0.523. The van der Waals surface area contributed by atoms with E-state index in [0.29, 0.717) is 23.2 Å². The minimum Gasteiger partial charge on any atom is -0.256 e. The highest BCUT2D eigenvalue weighted by Crippen LogP contribution is 2.38. The van der Waals surface area contributed by atoms with Crippen molar-refractivity contribution in [2.24, 2.45) is 0 Å². The van der Waals surface area contributed by atoms with E-state index >= 15 is 0 Å². The van der Waals surface area contributed by atoms with E-state index in [1.165, 1.54) is 0 Å². The van der Waals surface area contributed by atoms with Crippen LogP contribution in [-0.4, -0.2) is 59.8 Å². The summed E-state index contributed by atoms with van der Waals surface area (Å²) in [5, 5.41) is 9.62. The van der Waals surface area contributed by atoms with Crippen LogP contribution >= 0.6 is 0 Å². The van der Waals surface area contributed by atoms with Gasteiger partial charge in [0.15, 0.2) is 17.5 Å². The van der Waals surface area contributed by atoms with Gasteiger partial charge in [0, 0.05) is 105 Å². The second kappa shape index (κ2) is 30.1. The van der Waals surface area contributed by atoms with Crippen LogP contribution in [0.25, 0.3) is 233 Å². The summed E-state index contributed by atoms with van der Waals surface area (Å²) in [6.07, 6.45) is 1.90. The Morgan fingerprint density at radius 2 is 0.408 bits per heavy atom. The van der Waals surface area contributed by atoms with E-state index in [0.717, 1.165) is 210 Å². The van der Waals surface area contributed by atoms with Crippen LogP contribution in [-0.2, 0) is 0 Å². The van der Waals surface area contributed by atoms with Crippen LogP contribution in [0.1, 0.15) is 0 Å². The van der Waals surface area contributed by atoms with Gasteiger partial charge in [0.25, 0.3) is 0 Å². The maximum Gasteiger partial charge on any atom is 0.182 e. The van der Waals surface area contributed by atoms with Gasteiger partial charge in [-0.15, -0.1) is 0 Å². The molecule has 0 N–H and O–H groups in total. The van der Waals surface area contributed by atoms with Crippen LogP contribution in [0.5, 0.6) is 0 Å². The van der Waals surface area contributed by atoms with Crippen molar-refractivity contribution in [2.75, 3.05) is 0 Å². The van der Waals surface area contributed by atoms with E-state index in [-0.39, 0.29) is 0 Å². The summed E-state index contributed by atoms with van der Waals surface area (Å²) in [5.41, 5.74) is 28.8. The van der Waals surface area contributed by atoms with E-state index in [4.69, 9.17) is 54.8 Å². The lowest BCUT2D eigenvalue weighted by molar-refractivity contribution is 1.06. The highest BCUT2D eigenvalue weighted by Gasteiger charge is 2.19. The van der Waals surface area contributed by atoms with E-state index in [2.05, 4.69) is 278 Å². The molecule has 10 aromatic heterocycles. The molecule has 120 heavy (non-hydrogen) atoms. The van der Waals surface area contributed by atoms with Gasteiger partial charge in [0.1, 0.15) is 5.69 Å². The maximum atomic E-state index is 5.20. The Morgan fingerprint density at radius 3 is 0.850 bits per heavy atom. The van der Waals surface area contributed by atoms with Gasteiger partial charge in [0.2, 0.25) is 0 Å². The lowest BCUT2D eigenvalue weighted by Gasteiger charge is -2.10. The summed E-state index contributed by atoms with van der Waals surface area (Å²) in [7, 11) is 0. The molecule has 0 radical (unpaired) electrons. The van der Waals surface area contributed by atoms with Crippen molar-refractivity contribution in [1.29, 1.82) is 0 Å². The van der Waals surface area contributed by atoms with Gasteiger partial charge in [-0.1, -0.05) is 285 Å². The first kappa shape index (κ1) is 70.2. The van der Waals surface area contributed by atoms with Crippen LogP contribution < -0.4 is 0 Å². The van der Waals surface area contributed by atoms with Crippen LogP contribution in [0.3, 0.4) is 0 Å². The Bertz CT molecular complexity index is 7930. The molecule has 0 bridgehead atoms. The van der Waals surface area contributed by atoms with Crippen molar-refractivity contribution >= 4 is 98.1 Å². The number of pyridine rings is 9. The number of hydrogen-bond donors (Lipinski definition) is 0. The Morgan fingerprint density at radius 1 is 0.125 bits per heavy atom. The molecular weight excluding hydrogens is 1470 g/mol. The predicted octanol–water partition coefficient (Wildman–Crippen LogP) is 26.5. The molecule has 0 atom stereocenters. The maximum absolute atomic E-state index is 5.20. The summed E-state index contributed by atoms with van der Waals surface area (Å²) < 4.78 is 0. The van der Waals surface area contributed by atoms with Crippen molar-refractivity contribution < 1.29 is 0 Å². The van der Waals surface area contributed by atoms with Crippen LogP contribution in [0.2, 0.25) is 0 Å². The summed E-state index contributed by atoms with van der Waals surface area (Å²) in [4.78, 5) is 60.3. The molecule has 0 unspecified atom stereocenters. The van der Waals surface area contributed by atoms with Crippen LogP contribution in [0.15, 0.2) is 401 Å². The third kappa shape index (κ3) is 13.7. The highest BCUT2D eigenvalue weighted by atomic mass is 15.0. The molecule has 0 aliphatic rings. The van der Waals surface area contributed by atoms with Gasteiger partial charge in [-0.2, -0.15) is 0 Å². The molecule has 0 aliphatic heterocycles. The van der Waals surface area contributed by atoms with Crippen molar-refractivity contribution in [3.63, 3.8) is 0 Å². The molecule has 10 heterocycles. The van der Waals surface area contributed by atoms with Crippen molar-refractivity contribution in [1.82, 2.24) is 59.8 Å². The Hall–Kier alpha value is -16.4. The molecule has 13 aromatic carbocycles. The van der Waals surface area contributed by atoms with Crippen molar-refractivity contribution in [2.45, 2.75) is 0 Å². The standard InChI is InChI=1S/C57H35N7.C51H31N5/c1-4-11-36(12-5-1)47-28-24-38-20-21-39-25-29-50(61-54(39)53(38)60-47)45-18-10-17-44(34-45)48-31-27-46-33-42(26-30-49(46)58-48)43-22-19-37-23-32-51(59-52(37)35-43)57-63-55(40-13-6-2-7-14-40)62-56(64-57)41-15-8-3-9-16-41;1-2-7-32(8-3-1)44-23-18-34-14-15-35-19-24-47(56-51(35)50(34)55-44)40-11-6-10-39(28-40)45-26-21-41-27-36(20-25-46(41)53-45)37-16-13-33-17-22-48(54-49(33)30-37)42-29-38-9-4-5-12-43(38)52-31-42/h1-35H;1-31H. The molecule has 0 fully saturated rings. The van der Waals surface area contributed by atoms with E-state index < -0.39 is 0 Å². The fraction of sp³-hybridized carbons (Fsp3) is 0. The first-order valence-electron chi connectivity index (χ1n) is 39.9. The molecule has 0 spiro atoms. The number of hydrogen-bond acceptors (Lipinski definition) is 12. The molecule has 0 saturated heterocycles. The average Bonchev–Trinajstić information content (AvgIpc) is 0.773. The molecule has 0 aliphatic carbocycles. The first-order chi connectivity index (χ1) is 59.3. The van der Waals surface area contributed by atoms with Gasteiger partial charge in [-0.25, -0.2) is 54.8 Å². The summed E-state index contributed by atoms with van der Waals surface area (Å²) in [6, 6.07) is 136. The fourth-order valence-electron chi connectivity index (χ4n) is 16.0. The van der Waals surface area contributed by atoms with Gasteiger partial charge in [-0.3, -0.25) is 4.98 Å². The zero-order valence-corrected chi connectivity index (χ0v) is 64.5. The molecule has 23 rings (SSSR count). The molecule has 23 aromatic rings. The molecule has 12 heteroatoms. The number of rotatable bonds is 12. The Kier molecular flexibility index (Phi) is 17.6. The lowest BCUT2D eigenvalue weighted by Crippen LogP contribution is -2.01. The van der Waals surface area contributed by atoms with E-state index in [9.17, 15) is 0 Å². The third-order valence-electron chi connectivity index (χ3n) is 22.3. The molecule has 558 valence electrons. The first-order valence-corrected chi connectivity index (χ1v) is 39.9. The lowest BCUT2D eigenvalue weighted by atomic mass is 10.00. The summed E-state index contributed by atoms with van der Waals surface area (Å²) in [5.74, 6) is 1.73. The second-order valence-corrected chi connectivity index (χ2v) is 30.0. The normalized spacial score (nSPS) is 11.5. The number of para-hydroxylation sites is 1. The molecule has 0 saturated carbocycles. The largest absolute Gasteiger partial charge is 0.256 e. The monoisotopic (exact) mass is 1530 g/mol. The van der Waals surface area contributed by atoms with Gasteiger partial charge >= 0.3 is 0 Å². The predicted molar refractivity (Wildman–Crippen MR) is 489 cm³/mol. The SMILES string of the molecule is c1ccc(-c2ccc3ccc4ccc(-c5cccc(-c6ccc7cc(-c8ccc9ccc(-c%10cnc%11ccccc%11c%10)nc9c8)ccc7n6)c5)nc4c3n2)cc1.c1ccc(-c2ccc3ccc4ccc(-c5cccc(-c6ccc7cc(-c8ccc9ccc(-c%10nc(-c%11ccccc%11)nc(-c%11ccccc%11)n%10)nc9c8)ccc7n6)c5)nc4c3n2)cc1. The average molecular weight is 1530 g/mol. The van der Waals surface area contributed by atoms with Crippen molar-refractivity contribution in [3.8, 4) is 135 Å². The molecule has 12 nitrogen and oxygen atoms in total. The minimum atomic E-state index is 0.523. The quantitative estimate of drug-likeness (QED) is 0.107. The van der Waals surface area contributed by atoms with Crippen LogP contribution in [0.4, 0.5) is 0 Å². The van der Waals surface area contributed by atoms with Gasteiger partial charge < -0.3 is 0 Å². The van der Waals surface area contributed by atoms with Gasteiger partial charge in [0.05, 0.1) is 89.5 Å². The number of aromatic nitrogens is 12. The topological polar surface area (TPSA) is 155 Å². The van der Waals surface area contributed by atoms with E-state index in [1.807, 2.05) is 128 Å². The zero-order chi connectivity index (χ0) is 79.4. The molecule has 0 amide bonds. The highest BCUT2D eigenvalue weighted by molar-refractivity contribution is 6.06. The summed E-state index contributed by atoms with van der Waals surface area (Å²) in [6.45, 7) is 0. The number of nitrogens with zero attached hydrogens (tertiary/aromatic N) is 12. The Labute approximate surface area is 689 Å². The fourth-order valence-corrected chi connectivity index (χ4v) is 16.0. The smallest absolute Gasteiger partial charge is 0.182 e. The summed E-state index contributed by atoms with van der Waals surface area (Å²) >= 11 is 0. The number of fused-ring (bicyclic) bond motifs is 11. The van der Waals surface area contributed by atoms with Crippen LogP contribution in [0, 0.1) is 0 Å².